The second-order valence-electron chi connectivity index (χ2n) is 6.19. The number of hydrogen-bond acceptors (Lipinski definition) is 4. The molecule has 0 unspecified atom stereocenters. The number of carbonyl (C=O) groups excluding carboxylic acids is 1. The highest BCUT2D eigenvalue weighted by atomic mass is 16.6. The first-order valence-corrected chi connectivity index (χ1v) is 7.01. The van der Waals surface area contributed by atoms with Gasteiger partial charge in [-0.3, -0.25) is 4.90 Å². The predicted octanol–water partition coefficient (Wildman–Crippen LogP) is 2.48. The van der Waals surface area contributed by atoms with Crippen LogP contribution in [0.4, 0.5) is 4.79 Å². The third kappa shape index (κ3) is 3.57. The average molecular weight is 308 g/mol. The van der Waals surface area contributed by atoms with Crippen molar-refractivity contribution in [3.05, 3.63) is 35.9 Å². The Morgan fingerprint density at radius 3 is 2.59 bits per heavy atom. The van der Waals surface area contributed by atoms with Crippen LogP contribution in [0, 0.1) is 5.41 Å². The van der Waals surface area contributed by atoms with Crippen LogP contribution in [0.25, 0.3) is 0 Å². The highest BCUT2D eigenvalue weighted by Gasteiger charge is 2.47. The largest absolute Gasteiger partial charge is 0.480 e. The zero-order valence-electron chi connectivity index (χ0n) is 13.9. The van der Waals surface area contributed by atoms with Crippen molar-refractivity contribution >= 4 is 12.1 Å². The maximum absolute atomic E-state index is 12.4. The molecule has 1 aromatic carbocycles. The molecule has 1 heterocycles. The van der Waals surface area contributed by atoms with Gasteiger partial charge in [-0.05, 0) is 5.56 Å². The summed E-state index contributed by atoms with van der Waals surface area (Å²) in [5.74, 6) is -1.44. The number of ether oxygens (including phenoxy) is 2. The Kier molecular flexibility index (Phi) is 4.29. The van der Waals surface area contributed by atoms with Gasteiger partial charge in [0.15, 0.2) is 6.02 Å². The molecule has 1 aliphatic heterocycles. The van der Waals surface area contributed by atoms with Crippen molar-refractivity contribution in [2.75, 3.05) is 6.61 Å². The van der Waals surface area contributed by atoms with E-state index in [1.807, 2.05) is 39.0 Å². The molecule has 2 rings (SSSR count). The van der Waals surface area contributed by atoms with Crippen LogP contribution in [-0.4, -0.2) is 40.9 Å². The Balaban J connectivity index is 2.19. The number of rotatable bonds is 3. The smallest absolute Gasteiger partial charge is 0.413 e. The molecule has 0 aliphatic carbocycles. The Bertz CT molecular complexity index is 586. The van der Waals surface area contributed by atoms with E-state index in [0.29, 0.717) is 0 Å². The van der Waals surface area contributed by atoms with E-state index in [-0.39, 0.29) is 6.61 Å². The van der Waals surface area contributed by atoms with Gasteiger partial charge >= 0.3 is 12.1 Å². The van der Waals surface area contributed by atoms with Crippen LogP contribution in [0.3, 0.4) is 0 Å². The maximum atomic E-state index is 12.4. The number of amides is 1. The van der Waals surface area contributed by atoms with Crippen LogP contribution in [-0.2, 0) is 20.9 Å². The van der Waals surface area contributed by atoms with Gasteiger partial charge in [-0.25, -0.2) is 9.59 Å². The number of carbonyl (C=O) groups is 2. The van der Waals surface area contributed by atoms with E-state index in [0.717, 1.165) is 10.5 Å². The lowest BCUT2D eigenvalue weighted by Gasteiger charge is -2.34. The first-order chi connectivity index (χ1) is 10.7. The minimum Gasteiger partial charge on any atom is -0.480 e. The first-order valence-electron chi connectivity index (χ1n) is 7.51. The van der Waals surface area contributed by atoms with Crippen molar-refractivity contribution in [3.8, 4) is 0 Å². The molecule has 6 nitrogen and oxygen atoms in total. The summed E-state index contributed by atoms with van der Waals surface area (Å²) in [7, 11) is 0. The molecule has 1 N–H and O–H groups in total. The van der Waals surface area contributed by atoms with Gasteiger partial charge in [0.1, 0.15) is 12.8 Å². The Morgan fingerprint density at radius 2 is 2.05 bits per heavy atom. The summed E-state index contributed by atoms with van der Waals surface area (Å²) in [6.45, 7) is 5.03. The van der Waals surface area contributed by atoms with Gasteiger partial charge in [-0.15, -0.1) is 0 Å². The molecule has 1 saturated heterocycles. The average Bonchev–Trinajstić information content (AvgIpc) is 2.85. The second-order valence-corrected chi connectivity index (χ2v) is 6.19. The quantitative estimate of drug-likeness (QED) is 0.928. The standard InChI is InChI=1S/C16H21NO5/c1-16(2,3)14-17(12(10-21-14)13(18)19)15(20)22-9-11-7-5-4-6-8-11/h4-8,12,14H,9-10H2,1-3H3,(H,18,19)/t12-,14+/m1/s1/i12D. The summed E-state index contributed by atoms with van der Waals surface area (Å²) in [4.78, 5) is 24.8. The zero-order valence-corrected chi connectivity index (χ0v) is 12.9. The number of aliphatic carboxylic acids is 1. The molecule has 1 fully saturated rings. The molecular weight excluding hydrogens is 286 g/mol. The van der Waals surface area contributed by atoms with Crippen molar-refractivity contribution in [3.63, 3.8) is 0 Å². The topological polar surface area (TPSA) is 76.1 Å². The third-order valence-electron chi connectivity index (χ3n) is 3.29. The lowest BCUT2D eigenvalue weighted by atomic mass is 9.93. The molecule has 0 bridgehead atoms. The normalized spacial score (nSPS) is 25.7. The third-order valence-corrected chi connectivity index (χ3v) is 3.29. The summed E-state index contributed by atoms with van der Waals surface area (Å²) in [5, 5.41) is 9.34. The van der Waals surface area contributed by atoms with Gasteiger partial charge in [-0.1, -0.05) is 51.1 Å². The molecule has 1 aromatic rings. The number of hydrogen-bond donors (Lipinski definition) is 1. The van der Waals surface area contributed by atoms with Crippen molar-refractivity contribution in [2.24, 2.45) is 5.41 Å². The fourth-order valence-electron chi connectivity index (χ4n) is 2.24. The van der Waals surface area contributed by atoms with Crippen LogP contribution < -0.4 is 0 Å². The van der Waals surface area contributed by atoms with Crippen molar-refractivity contribution in [1.29, 1.82) is 0 Å². The van der Waals surface area contributed by atoms with Gasteiger partial charge in [-0.2, -0.15) is 0 Å². The van der Waals surface area contributed by atoms with Crippen LogP contribution in [0.5, 0.6) is 0 Å². The predicted molar refractivity (Wildman–Crippen MR) is 79.1 cm³/mol. The number of nitrogens with zero attached hydrogens (tertiary/aromatic N) is 1. The number of carboxylic acids is 1. The maximum Gasteiger partial charge on any atom is 0.413 e. The fraction of sp³-hybridized carbons (Fsp3) is 0.500. The molecule has 0 aromatic heterocycles. The molecule has 1 aliphatic rings. The van der Waals surface area contributed by atoms with E-state index in [4.69, 9.17) is 10.8 Å². The summed E-state index contributed by atoms with van der Waals surface area (Å²) in [5.41, 5.74) is 0.225. The molecule has 22 heavy (non-hydrogen) atoms. The number of benzene rings is 1. The molecule has 6 heteroatoms. The minimum atomic E-state index is -2.19. The van der Waals surface area contributed by atoms with Crippen molar-refractivity contribution in [1.82, 2.24) is 4.90 Å². The SMILES string of the molecule is [2H][C@]1(C(=O)O)CO[C@@H](C(C)(C)C)N1C(=O)OCc1ccccc1. The molecule has 2 atom stereocenters. The van der Waals surface area contributed by atoms with Crippen LogP contribution in [0.15, 0.2) is 30.3 Å². The van der Waals surface area contributed by atoms with Crippen LogP contribution in [0.1, 0.15) is 27.7 Å². The van der Waals surface area contributed by atoms with E-state index in [1.165, 1.54) is 0 Å². The molecule has 1 amide bonds. The molecule has 0 saturated carbocycles. The van der Waals surface area contributed by atoms with Crippen molar-refractivity contribution in [2.45, 2.75) is 39.6 Å². The zero-order chi connectivity index (χ0) is 17.3. The van der Waals surface area contributed by atoms with E-state index in [9.17, 15) is 14.7 Å². The second kappa shape index (κ2) is 6.36. The number of carboxylic acid groups (broad SMARTS) is 1. The van der Waals surface area contributed by atoms with Gasteiger partial charge in [0.25, 0.3) is 0 Å². The fourth-order valence-corrected chi connectivity index (χ4v) is 2.24. The summed E-state index contributed by atoms with van der Waals surface area (Å²) < 4.78 is 18.8. The summed E-state index contributed by atoms with van der Waals surface area (Å²) >= 11 is 0. The van der Waals surface area contributed by atoms with Gasteiger partial charge in [0, 0.05) is 5.41 Å². The van der Waals surface area contributed by atoms with Gasteiger partial charge in [0.05, 0.1) is 7.98 Å². The van der Waals surface area contributed by atoms with Gasteiger partial charge in [0.2, 0.25) is 0 Å². The van der Waals surface area contributed by atoms with Crippen LogP contribution >= 0.6 is 0 Å². The summed E-state index contributed by atoms with van der Waals surface area (Å²) in [6.07, 6.45) is -1.72. The van der Waals surface area contributed by atoms with E-state index >= 15 is 0 Å². The Labute approximate surface area is 131 Å². The van der Waals surface area contributed by atoms with E-state index in [1.54, 1.807) is 12.1 Å². The minimum absolute atomic E-state index is 0.00271. The highest BCUT2D eigenvalue weighted by molar-refractivity contribution is 5.81. The molecule has 0 spiro atoms. The summed E-state index contributed by atoms with van der Waals surface area (Å²) in [6, 6.07) is 6.86. The highest BCUT2D eigenvalue weighted by Crippen LogP contribution is 2.32. The van der Waals surface area contributed by atoms with E-state index in [2.05, 4.69) is 0 Å². The Hall–Kier alpha value is -2.08. The lowest BCUT2D eigenvalue weighted by molar-refractivity contribution is -0.142. The van der Waals surface area contributed by atoms with Crippen LogP contribution in [0.2, 0.25) is 0 Å². The molecule has 0 radical (unpaired) electrons. The first kappa shape index (κ1) is 14.8. The monoisotopic (exact) mass is 308 g/mol. The Morgan fingerprint density at radius 1 is 1.41 bits per heavy atom. The lowest BCUT2D eigenvalue weighted by Crippen LogP contribution is -2.50. The van der Waals surface area contributed by atoms with Crippen molar-refractivity contribution < 1.29 is 25.5 Å². The van der Waals surface area contributed by atoms with E-state index < -0.39 is 36.3 Å². The molecule has 120 valence electrons. The molecular formula is C16H21NO5. The van der Waals surface area contributed by atoms with Gasteiger partial charge < -0.3 is 14.6 Å².